The summed E-state index contributed by atoms with van der Waals surface area (Å²) < 4.78 is 0. The van der Waals surface area contributed by atoms with Gasteiger partial charge in [0, 0.05) is 23.5 Å². The highest BCUT2D eigenvalue weighted by molar-refractivity contribution is 6.31. The molecule has 2 amide bonds. The first kappa shape index (κ1) is 20.1. The van der Waals surface area contributed by atoms with E-state index < -0.39 is 0 Å². The van der Waals surface area contributed by atoms with E-state index in [2.05, 4.69) is 43.8 Å². The van der Waals surface area contributed by atoms with Gasteiger partial charge in [-0.1, -0.05) is 32.4 Å². The number of urea groups is 1. The van der Waals surface area contributed by atoms with Crippen LogP contribution in [0, 0.1) is 24.2 Å². The van der Waals surface area contributed by atoms with Gasteiger partial charge in [-0.15, -0.1) is 12.8 Å². The molecule has 26 heavy (non-hydrogen) atoms. The Kier molecular flexibility index (Phi) is 6.20. The van der Waals surface area contributed by atoms with Crippen molar-refractivity contribution in [1.29, 1.82) is 0 Å². The Morgan fingerprint density at radius 2 is 2.00 bits per heavy atom. The van der Waals surface area contributed by atoms with E-state index >= 15 is 0 Å². The third-order valence-electron chi connectivity index (χ3n) is 5.99. The summed E-state index contributed by atoms with van der Waals surface area (Å²) >= 11 is 6.31. The number of halogens is 1. The van der Waals surface area contributed by atoms with Crippen LogP contribution in [0.25, 0.3) is 10.9 Å². The van der Waals surface area contributed by atoms with Gasteiger partial charge < -0.3 is 10.6 Å². The lowest BCUT2D eigenvalue weighted by atomic mass is 9.64. The van der Waals surface area contributed by atoms with Gasteiger partial charge in [-0.05, 0) is 47.8 Å². The summed E-state index contributed by atoms with van der Waals surface area (Å²) in [5.74, 6) is 0.837. The number of piperidine rings is 1. The highest BCUT2D eigenvalue weighted by Crippen LogP contribution is 2.47. The number of rotatable bonds is 3. The molecule has 3 N–H and O–H groups in total. The number of nitrogens with one attached hydrogen (secondary N) is 1. The average molecular weight is 375 g/mol. The van der Waals surface area contributed by atoms with E-state index in [0.717, 1.165) is 41.9 Å². The molecule has 1 aliphatic heterocycles. The summed E-state index contributed by atoms with van der Waals surface area (Å²) in [6.45, 7) is 8.36. The number of terminal acetylenes is 1. The molecular formula is C20H27ClN4O. The smallest absolute Gasteiger partial charge is 0.314 e. The molecule has 6 heteroatoms. The van der Waals surface area contributed by atoms with Gasteiger partial charge in [0.25, 0.3) is 0 Å². The summed E-state index contributed by atoms with van der Waals surface area (Å²) in [5, 5.41) is 9.07. The Labute approximate surface area is 160 Å². The Hall–Kier alpha value is -2.19. The van der Waals surface area contributed by atoms with E-state index in [1.807, 2.05) is 18.3 Å². The van der Waals surface area contributed by atoms with Crippen LogP contribution < -0.4 is 5.73 Å². The zero-order valence-electron chi connectivity index (χ0n) is 15.6. The predicted octanol–water partition coefficient (Wildman–Crippen LogP) is 4.39. The standard InChI is InChI=1S/C18H25ClN4O.C2H2/c1-11(15-9-14(19)8-12-10-21-22-16(12)15)18(2,3)13-4-6-23(7-5-13)17(20)24;1-2/h8-11,13H,4-7H2,1-3H3,(H2,20,24)(H,21,22);1-2H. The molecule has 0 bridgehead atoms. The number of amides is 2. The summed E-state index contributed by atoms with van der Waals surface area (Å²) in [4.78, 5) is 13.1. The van der Waals surface area contributed by atoms with Crippen LogP contribution in [0.5, 0.6) is 0 Å². The molecule has 0 saturated carbocycles. The summed E-state index contributed by atoms with van der Waals surface area (Å²) in [6.07, 6.45) is 11.8. The van der Waals surface area contributed by atoms with Gasteiger partial charge in [0.05, 0.1) is 11.7 Å². The van der Waals surface area contributed by atoms with Crippen LogP contribution in [0.4, 0.5) is 4.79 Å². The molecule has 1 saturated heterocycles. The fourth-order valence-corrected chi connectivity index (χ4v) is 4.22. The third-order valence-corrected chi connectivity index (χ3v) is 6.20. The third kappa shape index (κ3) is 3.81. The number of carbonyl (C=O) groups is 1. The number of fused-ring (bicyclic) bond motifs is 1. The zero-order valence-corrected chi connectivity index (χ0v) is 16.4. The highest BCUT2D eigenvalue weighted by atomic mass is 35.5. The number of nitrogens with zero attached hydrogens (tertiary/aromatic N) is 2. The van der Waals surface area contributed by atoms with E-state index in [-0.39, 0.29) is 11.4 Å². The lowest BCUT2D eigenvalue weighted by Gasteiger charge is -2.44. The molecule has 2 heterocycles. The molecule has 0 aliphatic carbocycles. The van der Waals surface area contributed by atoms with Gasteiger partial charge >= 0.3 is 6.03 Å². The van der Waals surface area contributed by atoms with E-state index in [4.69, 9.17) is 17.3 Å². The molecule has 3 rings (SSSR count). The fourth-order valence-electron chi connectivity index (χ4n) is 3.99. The summed E-state index contributed by atoms with van der Waals surface area (Å²) in [6, 6.07) is 3.68. The number of carbonyl (C=O) groups excluding carboxylic acids is 1. The summed E-state index contributed by atoms with van der Waals surface area (Å²) in [5.41, 5.74) is 7.75. The predicted molar refractivity (Wildman–Crippen MR) is 107 cm³/mol. The number of likely N-dealkylation sites (tertiary alicyclic amines) is 1. The van der Waals surface area contributed by atoms with Crippen molar-refractivity contribution >= 4 is 28.5 Å². The normalized spacial score (nSPS) is 16.8. The molecule has 0 radical (unpaired) electrons. The monoisotopic (exact) mass is 374 g/mol. The van der Waals surface area contributed by atoms with Crippen LogP contribution in [-0.2, 0) is 0 Å². The SMILES string of the molecule is C#C.CC(c1cc(Cl)cc2cn[nH]c12)C(C)(C)C1CCN(C(N)=O)CC1. The molecule has 1 unspecified atom stereocenters. The number of hydrogen-bond donors (Lipinski definition) is 2. The Morgan fingerprint density at radius 3 is 2.58 bits per heavy atom. The van der Waals surface area contributed by atoms with Crippen LogP contribution in [-0.4, -0.2) is 34.2 Å². The van der Waals surface area contributed by atoms with Crippen LogP contribution in [0.1, 0.15) is 45.1 Å². The van der Waals surface area contributed by atoms with Gasteiger partial charge in [0.15, 0.2) is 0 Å². The lowest BCUT2D eigenvalue weighted by Crippen LogP contribution is -2.45. The van der Waals surface area contributed by atoms with Gasteiger partial charge in [0.1, 0.15) is 0 Å². The summed E-state index contributed by atoms with van der Waals surface area (Å²) in [7, 11) is 0. The quantitative estimate of drug-likeness (QED) is 0.782. The maximum atomic E-state index is 11.3. The minimum Gasteiger partial charge on any atom is -0.351 e. The minimum atomic E-state index is -0.312. The first-order valence-corrected chi connectivity index (χ1v) is 9.18. The number of primary amides is 1. The van der Waals surface area contributed by atoms with Crippen molar-refractivity contribution in [2.24, 2.45) is 17.1 Å². The first-order chi connectivity index (χ1) is 12.3. The molecule has 2 aromatic rings. The maximum absolute atomic E-state index is 11.3. The van der Waals surface area contributed by atoms with Crippen molar-refractivity contribution in [3.63, 3.8) is 0 Å². The number of aromatic nitrogens is 2. The van der Waals surface area contributed by atoms with Gasteiger partial charge in [-0.2, -0.15) is 5.10 Å². The number of H-pyrrole nitrogens is 1. The highest BCUT2D eigenvalue weighted by Gasteiger charge is 2.38. The molecule has 1 aromatic carbocycles. The number of hydrogen-bond acceptors (Lipinski definition) is 2. The average Bonchev–Trinajstić information content (AvgIpc) is 3.10. The maximum Gasteiger partial charge on any atom is 0.314 e. The van der Waals surface area contributed by atoms with Crippen molar-refractivity contribution in [3.8, 4) is 12.8 Å². The first-order valence-electron chi connectivity index (χ1n) is 8.81. The largest absolute Gasteiger partial charge is 0.351 e. The topological polar surface area (TPSA) is 75.0 Å². The minimum absolute atomic E-state index is 0.0759. The number of benzene rings is 1. The van der Waals surface area contributed by atoms with Gasteiger partial charge in [-0.3, -0.25) is 5.10 Å². The Bertz CT molecular complexity index is 787. The van der Waals surface area contributed by atoms with E-state index in [0.29, 0.717) is 11.8 Å². The lowest BCUT2D eigenvalue weighted by molar-refractivity contribution is 0.0964. The second kappa shape index (κ2) is 8.01. The van der Waals surface area contributed by atoms with Crippen molar-refractivity contribution < 1.29 is 4.79 Å². The van der Waals surface area contributed by atoms with E-state index in [9.17, 15) is 4.79 Å². The Balaban J connectivity index is 0.00000117. The molecule has 5 nitrogen and oxygen atoms in total. The molecule has 1 aliphatic rings. The van der Waals surface area contributed by atoms with Gasteiger partial charge in [-0.25, -0.2) is 4.79 Å². The second-order valence-corrected chi connectivity index (χ2v) is 7.91. The van der Waals surface area contributed by atoms with Crippen LogP contribution in [0.15, 0.2) is 18.3 Å². The van der Waals surface area contributed by atoms with Crippen LogP contribution >= 0.6 is 11.6 Å². The molecule has 140 valence electrons. The van der Waals surface area contributed by atoms with Gasteiger partial charge in [0.2, 0.25) is 0 Å². The van der Waals surface area contributed by atoms with Crippen LogP contribution in [0.3, 0.4) is 0 Å². The Morgan fingerprint density at radius 1 is 1.38 bits per heavy atom. The van der Waals surface area contributed by atoms with Crippen molar-refractivity contribution in [3.05, 3.63) is 28.9 Å². The van der Waals surface area contributed by atoms with E-state index in [1.165, 1.54) is 5.56 Å². The van der Waals surface area contributed by atoms with E-state index in [1.54, 1.807) is 4.90 Å². The molecule has 1 fully saturated rings. The van der Waals surface area contributed by atoms with Crippen molar-refractivity contribution in [2.45, 2.75) is 39.5 Å². The van der Waals surface area contributed by atoms with Crippen LogP contribution in [0.2, 0.25) is 5.02 Å². The molecule has 1 atom stereocenters. The zero-order chi connectivity index (χ0) is 19.5. The van der Waals surface area contributed by atoms with Crippen molar-refractivity contribution in [2.75, 3.05) is 13.1 Å². The number of nitrogens with two attached hydrogens (primary N) is 1. The van der Waals surface area contributed by atoms with Crippen molar-refractivity contribution in [1.82, 2.24) is 15.1 Å². The fraction of sp³-hybridized carbons (Fsp3) is 0.500. The molecule has 0 spiro atoms. The molecular weight excluding hydrogens is 348 g/mol. The molecule has 1 aromatic heterocycles. The second-order valence-electron chi connectivity index (χ2n) is 7.47. The number of aromatic amines is 1.